The molecular weight excluding hydrogens is 531 g/mol. The fourth-order valence-electron chi connectivity index (χ4n) is 4.00. The number of rotatable bonds is 5. The number of halogens is 3. The Morgan fingerprint density at radius 2 is 1.66 bits per heavy atom. The van der Waals surface area contributed by atoms with Gasteiger partial charge in [0.15, 0.2) is 5.15 Å². The summed E-state index contributed by atoms with van der Waals surface area (Å²) >= 11 is 18.5. The summed E-state index contributed by atoms with van der Waals surface area (Å²) in [7, 11) is -4.12. The van der Waals surface area contributed by atoms with Crippen LogP contribution in [0.25, 0.3) is 22.0 Å². The summed E-state index contributed by atoms with van der Waals surface area (Å²) in [4.78, 5) is 10.7. The lowest BCUT2D eigenvalue weighted by molar-refractivity contribution is 0.123. The molecule has 1 aliphatic rings. The van der Waals surface area contributed by atoms with Gasteiger partial charge in [-0.2, -0.15) is 0 Å². The fourth-order valence-corrected chi connectivity index (χ4v) is 6.41. The van der Waals surface area contributed by atoms with E-state index in [1.165, 1.54) is 12.1 Å². The molecule has 0 unspecified atom stereocenters. The van der Waals surface area contributed by atoms with E-state index in [4.69, 9.17) is 39.5 Å². The first-order valence-corrected chi connectivity index (χ1v) is 13.3. The molecule has 0 radical (unpaired) electrons. The molecule has 0 bridgehead atoms. The van der Waals surface area contributed by atoms with E-state index in [0.29, 0.717) is 18.8 Å². The lowest BCUT2D eigenvalue weighted by Crippen LogP contribution is -2.36. The molecule has 11 heteroatoms. The minimum absolute atomic E-state index is 0.00269. The molecule has 2 aromatic heterocycles. The SMILES string of the molecule is O=S(=O)(Nc1cc(-c2ccc3nccc(N4CCOCC4)c3c2)cnc1Cl)c1c(Cl)cccc1Cl. The van der Waals surface area contributed by atoms with Crippen molar-refractivity contribution in [3.8, 4) is 11.1 Å². The summed E-state index contributed by atoms with van der Waals surface area (Å²) in [6, 6.07) is 13.9. The predicted molar refractivity (Wildman–Crippen MR) is 140 cm³/mol. The highest BCUT2D eigenvalue weighted by atomic mass is 35.5. The van der Waals surface area contributed by atoms with Crippen molar-refractivity contribution in [1.82, 2.24) is 9.97 Å². The number of hydrogen-bond donors (Lipinski definition) is 1. The zero-order valence-corrected chi connectivity index (χ0v) is 21.3. The maximum atomic E-state index is 13.0. The van der Waals surface area contributed by atoms with Gasteiger partial charge in [-0.05, 0) is 42.0 Å². The molecule has 3 heterocycles. The Morgan fingerprint density at radius 3 is 2.40 bits per heavy atom. The van der Waals surface area contributed by atoms with Crippen molar-refractivity contribution in [3.05, 3.63) is 76.1 Å². The molecule has 0 saturated carbocycles. The van der Waals surface area contributed by atoms with E-state index in [0.717, 1.165) is 35.2 Å². The van der Waals surface area contributed by atoms with Crippen LogP contribution in [0.5, 0.6) is 0 Å². The maximum Gasteiger partial charge on any atom is 0.264 e. The molecule has 1 saturated heterocycles. The molecular formula is C24H19Cl3N4O3S. The number of nitrogens with zero attached hydrogens (tertiary/aromatic N) is 3. The maximum absolute atomic E-state index is 13.0. The number of morpholine rings is 1. The van der Waals surface area contributed by atoms with E-state index in [-0.39, 0.29) is 25.8 Å². The highest BCUT2D eigenvalue weighted by molar-refractivity contribution is 7.93. The molecule has 180 valence electrons. The average Bonchev–Trinajstić information content (AvgIpc) is 2.85. The van der Waals surface area contributed by atoms with Gasteiger partial charge in [0, 0.05) is 42.1 Å². The predicted octanol–water partition coefficient (Wildman–Crippen LogP) is 5.89. The third-order valence-electron chi connectivity index (χ3n) is 5.67. The quantitative estimate of drug-likeness (QED) is 0.312. The Bertz CT molecular complexity index is 1510. The van der Waals surface area contributed by atoms with E-state index < -0.39 is 10.0 Å². The van der Waals surface area contributed by atoms with Crippen LogP contribution in [0, 0.1) is 0 Å². The van der Waals surface area contributed by atoms with Crippen molar-refractivity contribution in [2.45, 2.75) is 4.90 Å². The standard InChI is InChI=1S/C24H19Cl3N4O3S/c25-18-2-1-3-19(26)23(18)35(32,33)30-21-13-16(14-29-24(21)27)15-4-5-20-17(12-15)22(6-7-28-20)31-8-10-34-11-9-31/h1-7,12-14,30H,8-11H2. The summed E-state index contributed by atoms with van der Waals surface area (Å²) in [6.45, 7) is 2.93. The van der Waals surface area contributed by atoms with E-state index >= 15 is 0 Å². The Kier molecular flexibility index (Phi) is 6.74. The monoisotopic (exact) mass is 548 g/mol. The summed E-state index contributed by atoms with van der Waals surface area (Å²) in [5.41, 5.74) is 3.54. The first-order chi connectivity index (χ1) is 16.8. The van der Waals surface area contributed by atoms with E-state index in [1.807, 2.05) is 24.3 Å². The third kappa shape index (κ3) is 4.90. The summed E-state index contributed by atoms with van der Waals surface area (Å²) in [5.74, 6) is 0. The Balaban J connectivity index is 1.54. The van der Waals surface area contributed by atoms with Crippen LogP contribution in [0.2, 0.25) is 15.2 Å². The zero-order valence-electron chi connectivity index (χ0n) is 18.2. The summed E-state index contributed by atoms with van der Waals surface area (Å²) in [6.07, 6.45) is 3.39. The molecule has 0 spiro atoms. The van der Waals surface area contributed by atoms with Gasteiger partial charge >= 0.3 is 0 Å². The first-order valence-electron chi connectivity index (χ1n) is 10.7. The van der Waals surface area contributed by atoms with Gasteiger partial charge in [-0.15, -0.1) is 0 Å². The molecule has 7 nitrogen and oxygen atoms in total. The molecule has 4 aromatic rings. The van der Waals surface area contributed by atoms with Gasteiger partial charge in [0.1, 0.15) is 4.90 Å². The minimum Gasteiger partial charge on any atom is -0.378 e. The minimum atomic E-state index is -4.12. The van der Waals surface area contributed by atoms with Crippen molar-refractivity contribution < 1.29 is 13.2 Å². The van der Waals surface area contributed by atoms with Gasteiger partial charge in [-0.25, -0.2) is 13.4 Å². The summed E-state index contributed by atoms with van der Waals surface area (Å²) in [5, 5.41) is 0.981. The molecule has 1 fully saturated rings. The van der Waals surface area contributed by atoms with Crippen LogP contribution in [0.4, 0.5) is 11.4 Å². The average molecular weight is 550 g/mol. The number of fused-ring (bicyclic) bond motifs is 1. The van der Waals surface area contributed by atoms with Crippen LogP contribution in [-0.4, -0.2) is 44.7 Å². The number of sulfonamides is 1. The number of hydrogen-bond acceptors (Lipinski definition) is 6. The Labute approximate surface area is 217 Å². The zero-order chi connectivity index (χ0) is 24.6. The van der Waals surface area contributed by atoms with Crippen LogP contribution >= 0.6 is 34.8 Å². The molecule has 0 aliphatic carbocycles. The largest absolute Gasteiger partial charge is 0.378 e. The van der Waals surface area contributed by atoms with Gasteiger partial charge in [0.05, 0.1) is 34.5 Å². The number of anilines is 2. The van der Waals surface area contributed by atoms with Crippen molar-refractivity contribution in [1.29, 1.82) is 0 Å². The van der Waals surface area contributed by atoms with Gasteiger partial charge in [0.2, 0.25) is 0 Å². The van der Waals surface area contributed by atoms with Crippen LogP contribution < -0.4 is 9.62 Å². The molecule has 1 N–H and O–H groups in total. The van der Waals surface area contributed by atoms with E-state index in [1.54, 1.807) is 24.5 Å². The lowest BCUT2D eigenvalue weighted by Gasteiger charge is -2.29. The summed E-state index contributed by atoms with van der Waals surface area (Å²) < 4.78 is 34.1. The van der Waals surface area contributed by atoms with Crippen molar-refractivity contribution in [3.63, 3.8) is 0 Å². The topological polar surface area (TPSA) is 84.4 Å². The molecule has 2 aromatic carbocycles. The number of pyridine rings is 2. The highest BCUT2D eigenvalue weighted by Gasteiger charge is 2.23. The van der Waals surface area contributed by atoms with Gasteiger partial charge < -0.3 is 9.64 Å². The second-order valence-electron chi connectivity index (χ2n) is 7.88. The van der Waals surface area contributed by atoms with Crippen LogP contribution in [0.15, 0.2) is 65.8 Å². The number of benzene rings is 2. The molecule has 1 aliphatic heterocycles. The first kappa shape index (κ1) is 24.1. The van der Waals surface area contributed by atoms with Crippen LogP contribution in [0.1, 0.15) is 0 Å². The second kappa shape index (κ2) is 9.79. The number of ether oxygens (including phenoxy) is 1. The molecule has 35 heavy (non-hydrogen) atoms. The molecule has 0 atom stereocenters. The van der Waals surface area contributed by atoms with Crippen molar-refractivity contribution >= 4 is 67.1 Å². The second-order valence-corrected chi connectivity index (χ2v) is 10.7. The van der Waals surface area contributed by atoms with Crippen LogP contribution in [-0.2, 0) is 14.8 Å². The number of aromatic nitrogens is 2. The van der Waals surface area contributed by atoms with Gasteiger partial charge in [-0.3, -0.25) is 9.71 Å². The fraction of sp³-hybridized carbons (Fsp3) is 0.167. The normalized spacial score (nSPS) is 14.3. The Morgan fingerprint density at radius 1 is 0.914 bits per heavy atom. The molecule has 0 amide bonds. The Hall–Kier alpha value is -2.62. The lowest BCUT2D eigenvalue weighted by atomic mass is 10.0. The van der Waals surface area contributed by atoms with E-state index in [9.17, 15) is 8.42 Å². The van der Waals surface area contributed by atoms with Gasteiger partial charge in [-0.1, -0.05) is 46.9 Å². The van der Waals surface area contributed by atoms with Crippen molar-refractivity contribution in [2.75, 3.05) is 35.9 Å². The number of nitrogens with one attached hydrogen (secondary N) is 1. The smallest absolute Gasteiger partial charge is 0.264 e. The van der Waals surface area contributed by atoms with E-state index in [2.05, 4.69) is 19.6 Å². The third-order valence-corrected chi connectivity index (χ3v) is 8.30. The highest BCUT2D eigenvalue weighted by Crippen LogP contribution is 2.35. The van der Waals surface area contributed by atoms with Gasteiger partial charge in [0.25, 0.3) is 10.0 Å². The molecule has 5 rings (SSSR count). The van der Waals surface area contributed by atoms with Crippen LogP contribution in [0.3, 0.4) is 0 Å². The van der Waals surface area contributed by atoms with Crippen molar-refractivity contribution in [2.24, 2.45) is 0 Å².